The summed E-state index contributed by atoms with van der Waals surface area (Å²) in [6.07, 6.45) is 2.69. The van der Waals surface area contributed by atoms with Gasteiger partial charge in [-0.2, -0.15) is 0 Å². The van der Waals surface area contributed by atoms with E-state index in [4.69, 9.17) is 13.9 Å². The number of hydrogen-bond acceptors (Lipinski definition) is 6. The molecule has 0 N–H and O–H groups in total. The van der Waals surface area contributed by atoms with Crippen LogP contribution in [-0.2, 0) is 14.3 Å². The van der Waals surface area contributed by atoms with Crippen molar-refractivity contribution in [2.24, 2.45) is 5.92 Å². The van der Waals surface area contributed by atoms with Crippen molar-refractivity contribution in [1.82, 2.24) is 4.57 Å². The molecule has 1 aromatic carbocycles. The first-order valence-electron chi connectivity index (χ1n) is 9.26. The number of ether oxygens (including phenoxy) is 2. The van der Waals surface area contributed by atoms with Gasteiger partial charge in [-0.25, -0.2) is 9.18 Å². The molecule has 0 saturated heterocycles. The molecule has 0 bridgehead atoms. The van der Waals surface area contributed by atoms with Gasteiger partial charge in [0.25, 0.3) is 0 Å². The Morgan fingerprint density at radius 3 is 2.63 bits per heavy atom. The Labute approximate surface area is 172 Å². The minimum atomic E-state index is -0.980. The van der Waals surface area contributed by atoms with Gasteiger partial charge in [0.15, 0.2) is 5.76 Å². The highest BCUT2D eigenvalue weighted by Gasteiger charge is 2.25. The number of halogens is 1. The first-order valence-corrected chi connectivity index (χ1v) is 9.26. The van der Waals surface area contributed by atoms with E-state index in [1.54, 1.807) is 20.8 Å². The van der Waals surface area contributed by atoms with E-state index in [1.165, 1.54) is 48.4 Å². The molecule has 0 spiro atoms. The van der Waals surface area contributed by atoms with Gasteiger partial charge in [-0.15, -0.1) is 0 Å². The Kier molecular flexibility index (Phi) is 5.89. The molecule has 0 aliphatic heterocycles. The van der Waals surface area contributed by atoms with E-state index in [-0.39, 0.29) is 12.4 Å². The van der Waals surface area contributed by atoms with E-state index < -0.39 is 29.2 Å². The van der Waals surface area contributed by atoms with Gasteiger partial charge in [0.2, 0.25) is 5.78 Å². The monoisotopic (exact) mass is 415 g/mol. The largest absolute Gasteiger partial charge is 0.461 e. The van der Waals surface area contributed by atoms with Crippen molar-refractivity contribution < 1.29 is 32.7 Å². The molecule has 2 aromatic heterocycles. The summed E-state index contributed by atoms with van der Waals surface area (Å²) >= 11 is 0. The molecule has 7 nitrogen and oxygen atoms in total. The van der Waals surface area contributed by atoms with Crippen LogP contribution in [0.1, 0.15) is 31.3 Å². The van der Waals surface area contributed by atoms with Crippen molar-refractivity contribution in [3.8, 4) is 11.1 Å². The highest BCUT2D eigenvalue weighted by Crippen LogP contribution is 2.33. The molecule has 0 radical (unpaired) electrons. The van der Waals surface area contributed by atoms with Gasteiger partial charge in [0.05, 0.1) is 18.4 Å². The Morgan fingerprint density at radius 2 is 2.00 bits per heavy atom. The molecule has 8 heteroatoms. The molecule has 0 amide bonds. The summed E-state index contributed by atoms with van der Waals surface area (Å²) in [5.41, 5.74) is 0.632. The number of carbonyl (C=O) groups is 3. The molecule has 0 aliphatic rings. The lowest BCUT2D eigenvalue weighted by Gasteiger charge is -2.19. The molecule has 1 unspecified atom stereocenters. The second-order valence-electron chi connectivity index (χ2n) is 7.82. The quantitative estimate of drug-likeness (QED) is 0.335. The summed E-state index contributed by atoms with van der Waals surface area (Å²) in [6.45, 7) is 5.14. The first kappa shape index (κ1) is 21.4. The van der Waals surface area contributed by atoms with Crippen molar-refractivity contribution in [1.29, 1.82) is 0 Å². The minimum absolute atomic E-state index is 0.0144. The molecule has 158 valence electrons. The Morgan fingerprint density at radius 1 is 1.27 bits per heavy atom. The lowest BCUT2D eigenvalue weighted by atomic mass is 10.0. The summed E-state index contributed by atoms with van der Waals surface area (Å²) < 4.78 is 30.7. The molecule has 2 heterocycles. The lowest BCUT2D eigenvalue weighted by Crippen LogP contribution is -2.26. The fourth-order valence-electron chi connectivity index (χ4n) is 3.04. The van der Waals surface area contributed by atoms with E-state index >= 15 is 0 Å². The van der Waals surface area contributed by atoms with Crippen molar-refractivity contribution in [3.63, 3.8) is 0 Å². The zero-order chi connectivity index (χ0) is 22.1. The molecule has 3 rings (SSSR count). The summed E-state index contributed by atoms with van der Waals surface area (Å²) in [5.74, 6) is -2.01. The van der Waals surface area contributed by atoms with Gasteiger partial charge in [-0.1, -0.05) is 0 Å². The zero-order valence-electron chi connectivity index (χ0n) is 17.1. The normalized spacial score (nSPS) is 12.7. The number of fused-ring (bicyclic) bond motifs is 1. The van der Waals surface area contributed by atoms with Gasteiger partial charge >= 0.3 is 6.09 Å². The predicted octanol–water partition coefficient (Wildman–Crippen LogP) is 4.47. The topological polar surface area (TPSA) is 87.7 Å². The van der Waals surface area contributed by atoms with Gasteiger partial charge in [0.1, 0.15) is 23.6 Å². The second kappa shape index (κ2) is 8.23. The number of aromatic nitrogens is 1. The average molecular weight is 415 g/mol. The van der Waals surface area contributed by atoms with Crippen LogP contribution in [0.4, 0.5) is 9.18 Å². The number of hydrogen-bond donors (Lipinski definition) is 0. The summed E-state index contributed by atoms with van der Waals surface area (Å²) in [4.78, 5) is 36.2. The molecule has 0 saturated carbocycles. The number of aldehydes is 1. The van der Waals surface area contributed by atoms with Crippen LogP contribution in [0.5, 0.6) is 0 Å². The Hall–Kier alpha value is -3.26. The fraction of sp³-hybridized carbons (Fsp3) is 0.318. The van der Waals surface area contributed by atoms with E-state index in [0.717, 1.165) is 0 Å². The lowest BCUT2D eigenvalue weighted by molar-refractivity contribution is -0.111. The van der Waals surface area contributed by atoms with E-state index in [2.05, 4.69) is 0 Å². The summed E-state index contributed by atoms with van der Waals surface area (Å²) in [7, 11) is 1.39. The third-order valence-electron chi connectivity index (χ3n) is 4.36. The molecule has 0 aliphatic carbocycles. The van der Waals surface area contributed by atoms with Crippen molar-refractivity contribution in [2.45, 2.75) is 26.4 Å². The Balaban J connectivity index is 2.05. The SMILES string of the molecule is COCC(C=O)C(=O)c1cc(-c2cn(C(=O)OC(C)(C)C)c3cc(F)ccc23)co1. The minimum Gasteiger partial charge on any atom is -0.461 e. The van der Waals surface area contributed by atoms with Gasteiger partial charge in [-0.05, 0) is 45.0 Å². The van der Waals surface area contributed by atoms with Gasteiger partial charge < -0.3 is 18.7 Å². The van der Waals surface area contributed by atoms with Crippen LogP contribution in [0.15, 0.2) is 41.1 Å². The van der Waals surface area contributed by atoms with Crippen LogP contribution in [0.25, 0.3) is 22.0 Å². The molecule has 30 heavy (non-hydrogen) atoms. The van der Waals surface area contributed by atoms with E-state index in [0.29, 0.717) is 28.3 Å². The smallest absolute Gasteiger partial charge is 0.419 e. The molecule has 3 aromatic rings. The number of carbonyl (C=O) groups excluding carboxylic acids is 3. The molecular formula is C22H22FNO6. The van der Waals surface area contributed by atoms with Gasteiger partial charge in [0, 0.05) is 29.8 Å². The fourth-order valence-corrected chi connectivity index (χ4v) is 3.04. The number of nitrogens with zero attached hydrogens (tertiary/aromatic N) is 1. The van der Waals surface area contributed by atoms with Crippen molar-refractivity contribution in [3.05, 3.63) is 48.3 Å². The molecule has 1 atom stereocenters. The number of furan rings is 1. The highest BCUT2D eigenvalue weighted by atomic mass is 19.1. The third-order valence-corrected chi connectivity index (χ3v) is 4.36. The van der Waals surface area contributed by atoms with Crippen LogP contribution in [-0.4, -0.2) is 42.0 Å². The maximum atomic E-state index is 13.9. The molecule has 0 fully saturated rings. The average Bonchev–Trinajstić information content (AvgIpc) is 3.28. The maximum Gasteiger partial charge on any atom is 0.419 e. The van der Waals surface area contributed by atoms with E-state index in [9.17, 15) is 18.8 Å². The number of methoxy groups -OCH3 is 1. The zero-order valence-corrected chi connectivity index (χ0v) is 17.1. The van der Waals surface area contributed by atoms with E-state index in [1.807, 2.05) is 0 Å². The van der Waals surface area contributed by atoms with Crippen LogP contribution >= 0.6 is 0 Å². The number of benzene rings is 1. The molecular weight excluding hydrogens is 393 g/mol. The van der Waals surface area contributed by atoms with Crippen molar-refractivity contribution >= 4 is 29.1 Å². The predicted molar refractivity (Wildman–Crippen MR) is 107 cm³/mol. The maximum absolute atomic E-state index is 13.9. The standard InChI is InChI=1S/C22H22FNO6/c1-22(2,3)30-21(27)24-9-17(16-6-5-15(23)8-18(16)24)13-7-19(29-12-13)20(26)14(10-25)11-28-4/h5-10,12,14H,11H2,1-4H3. The number of Topliss-reactive ketones (excluding diaryl/α,β-unsaturated/α-hetero) is 1. The van der Waals surface area contributed by atoms with Crippen LogP contribution in [0.2, 0.25) is 0 Å². The van der Waals surface area contributed by atoms with Crippen LogP contribution in [0.3, 0.4) is 0 Å². The van der Waals surface area contributed by atoms with Gasteiger partial charge in [-0.3, -0.25) is 9.36 Å². The summed E-state index contributed by atoms with van der Waals surface area (Å²) in [5, 5.41) is 0.575. The third kappa shape index (κ3) is 4.33. The van der Waals surface area contributed by atoms with Crippen LogP contribution < -0.4 is 0 Å². The van der Waals surface area contributed by atoms with Crippen LogP contribution in [0, 0.1) is 11.7 Å². The second-order valence-corrected chi connectivity index (χ2v) is 7.82. The highest BCUT2D eigenvalue weighted by molar-refractivity contribution is 6.05. The Bertz CT molecular complexity index is 1100. The number of ketones is 1. The summed E-state index contributed by atoms with van der Waals surface area (Å²) in [6, 6.07) is 5.52. The van der Waals surface area contributed by atoms with Crippen molar-refractivity contribution in [2.75, 3.05) is 13.7 Å². The number of rotatable bonds is 6. The first-order chi connectivity index (χ1) is 14.1.